The molecule has 0 saturated carbocycles. The zero-order chi connectivity index (χ0) is 16.3. The van der Waals surface area contributed by atoms with Gasteiger partial charge in [0.05, 0.1) is 18.7 Å². The summed E-state index contributed by atoms with van der Waals surface area (Å²) < 4.78 is 11.2. The van der Waals surface area contributed by atoms with Crippen LogP contribution in [0.2, 0.25) is 0 Å². The van der Waals surface area contributed by atoms with Crippen molar-refractivity contribution in [1.82, 2.24) is 10.2 Å². The molecule has 1 heterocycles. The number of hydrogen-bond acceptors (Lipinski definition) is 4. The van der Waals surface area contributed by atoms with Crippen molar-refractivity contribution in [2.45, 2.75) is 13.3 Å². The number of ether oxygens (including phenoxy) is 2. The van der Waals surface area contributed by atoms with Gasteiger partial charge in [0, 0.05) is 6.54 Å². The van der Waals surface area contributed by atoms with Crippen molar-refractivity contribution in [2.24, 2.45) is 0 Å². The van der Waals surface area contributed by atoms with Crippen LogP contribution in [0.15, 0.2) is 22.3 Å². The Hall–Kier alpha value is -2.02. The van der Waals surface area contributed by atoms with Crippen molar-refractivity contribution in [3.05, 3.63) is 27.9 Å². The third kappa shape index (κ3) is 3.09. The van der Waals surface area contributed by atoms with Crippen LogP contribution in [0.4, 0.5) is 4.79 Å². The fraction of sp³-hybridized carbons (Fsp3) is 0.333. The average molecular weight is 369 g/mol. The summed E-state index contributed by atoms with van der Waals surface area (Å²) in [6, 6.07) is 3.13. The van der Waals surface area contributed by atoms with Gasteiger partial charge in [0.1, 0.15) is 5.70 Å². The van der Waals surface area contributed by atoms with Gasteiger partial charge in [-0.05, 0) is 46.1 Å². The molecule has 1 saturated heterocycles. The molecule has 0 unspecified atom stereocenters. The maximum atomic E-state index is 12.2. The van der Waals surface area contributed by atoms with E-state index in [-0.39, 0.29) is 11.6 Å². The number of nitrogens with zero attached hydrogens (tertiary/aromatic N) is 1. The first-order chi connectivity index (χ1) is 10.5. The van der Waals surface area contributed by atoms with Crippen LogP contribution in [0.1, 0.15) is 18.9 Å². The molecule has 22 heavy (non-hydrogen) atoms. The molecule has 0 aromatic heterocycles. The molecule has 1 fully saturated rings. The lowest BCUT2D eigenvalue weighted by Gasteiger charge is -2.11. The second kappa shape index (κ2) is 6.83. The molecule has 0 bridgehead atoms. The zero-order valence-electron chi connectivity index (χ0n) is 12.6. The normalized spacial score (nSPS) is 16.2. The highest BCUT2D eigenvalue weighted by atomic mass is 79.9. The molecule has 1 aliphatic rings. The number of imide groups is 1. The summed E-state index contributed by atoms with van der Waals surface area (Å²) in [5.41, 5.74) is 0.962. The van der Waals surface area contributed by atoms with E-state index in [1.165, 1.54) is 12.0 Å². The first-order valence-corrected chi connectivity index (χ1v) is 7.57. The molecule has 1 aliphatic heterocycles. The number of urea groups is 1. The van der Waals surface area contributed by atoms with Gasteiger partial charge in [-0.1, -0.05) is 6.92 Å². The molecule has 0 aliphatic carbocycles. The lowest BCUT2D eigenvalue weighted by Crippen LogP contribution is -2.31. The highest BCUT2D eigenvalue weighted by Crippen LogP contribution is 2.36. The van der Waals surface area contributed by atoms with E-state index < -0.39 is 6.03 Å². The van der Waals surface area contributed by atoms with Crippen LogP contribution in [0, 0.1) is 0 Å². The van der Waals surface area contributed by atoms with Gasteiger partial charge in [0.15, 0.2) is 11.5 Å². The SMILES string of the molecule is CCCN1C(=O)N/C(=C\c2cc(Br)c(OC)c(OC)c2)C1=O. The van der Waals surface area contributed by atoms with Crippen LogP contribution in [-0.4, -0.2) is 37.6 Å². The van der Waals surface area contributed by atoms with E-state index >= 15 is 0 Å². The molecule has 1 aromatic carbocycles. The molecule has 2 rings (SSSR count). The van der Waals surface area contributed by atoms with Crippen LogP contribution in [-0.2, 0) is 4.79 Å². The van der Waals surface area contributed by atoms with E-state index in [4.69, 9.17) is 9.47 Å². The van der Waals surface area contributed by atoms with Crippen LogP contribution < -0.4 is 14.8 Å². The monoisotopic (exact) mass is 368 g/mol. The summed E-state index contributed by atoms with van der Waals surface area (Å²) in [5.74, 6) is 0.780. The molecule has 1 aromatic rings. The second-order valence-electron chi connectivity index (χ2n) is 4.68. The van der Waals surface area contributed by atoms with Crippen LogP contribution >= 0.6 is 15.9 Å². The summed E-state index contributed by atoms with van der Waals surface area (Å²) >= 11 is 3.40. The Kier molecular flexibility index (Phi) is 5.07. The van der Waals surface area contributed by atoms with Gasteiger partial charge >= 0.3 is 6.03 Å². The predicted octanol–water partition coefficient (Wildman–Crippen LogP) is 2.77. The van der Waals surface area contributed by atoms with E-state index in [2.05, 4.69) is 21.2 Å². The minimum Gasteiger partial charge on any atom is -0.493 e. The highest BCUT2D eigenvalue weighted by molar-refractivity contribution is 9.10. The number of amides is 3. The summed E-state index contributed by atoms with van der Waals surface area (Å²) in [4.78, 5) is 25.1. The van der Waals surface area contributed by atoms with Crippen molar-refractivity contribution in [3.8, 4) is 11.5 Å². The molecule has 1 N–H and O–H groups in total. The third-order valence-electron chi connectivity index (χ3n) is 3.18. The number of carbonyl (C=O) groups is 2. The standard InChI is InChI=1S/C15H17BrN2O4/c1-4-5-18-14(19)11(17-15(18)20)7-9-6-10(16)13(22-3)12(8-9)21-2/h6-8H,4-5H2,1-3H3,(H,17,20)/b11-7-. The lowest BCUT2D eigenvalue weighted by atomic mass is 10.1. The van der Waals surface area contributed by atoms with Gasteiger partial charge in [0.25, 0.3) is 5.91 Å². The van der Waals surface area contributed by atoms with Crippen molar-refractivity contribution >= 4 is 33.9 Å². The summed E-state index contributed by atoms with van der Waals surface area (Å²) in [5, 5.41) is 2.58. The highest BCUT2D eigenvalue weighted by Gasteiger charge is 2.32. The summed E-state index contributed by atoms with van der Waals surface area (Å²) in [6.07, 6.45) is 2.33. The van der Waals surface area contributed by atoms with Crippen LogP contribution in [0.25, 0.3) is 6.08 Å². The van der Waals surface area contributed by atoms with Crippen molar-refractivity contribution in [3.63, 3.8) is 0 Å². The van der Waals surface area contributed by atoms with E-state index in [1.54, 1.807) is 25.3 Å². The number of rotatable bonds is 5. The lowest BCUT2D eigenvalue weighted by molar-refractivity contribution is -0.122. The third-order valence-corrected chi connectivity index (χ3v) is 3.77. The molecule has 7 heteroatoms. The quantitative estimate of drug-likeness (QED) is 0.640. The molecular formula is C15H17BrN2O4. The topological polar surface area (TPSA) is 67.9 Å². The summed E-state index contributed by atoms with van der Waals surface area (Å²) in [6.45, 7) is 2.31. The van der Waals surface area contributed by atoms with Gasteiger partial charge in [0.2, 0.25) is 0 Å². The smallest absolute Gasteiger partial charge is 0.329 e. The molecule has 0 spiro atoms. The van der Waals surface area contributed by atoms with E-state index in [1.807, 2.05) is 6.92 Å². The molecule has 6 nitrogen and oxygen atoms in total. The molecule has 0 radical (unpaired) electrons. The first-order valence-electron chi connectivity index (χ1n) is 6.77. The number of methoxy groups -OCH3 is 2. The predicted molar refractivity (Wildman–Crippen MR) is 85.8 cm³/mol. The van der Waals surface area contributed by atoms with Gasteiger partial charge in [-0.2, -0.15) is 0 Å². The van der Waals surface area contributed by atoms with Crippen LogP contribution in [0.5, 0.6) is 11.5 Å². The fourth-order valence-electron chi connectivity index (χ4n) is 2.19. The van der Waals surface area contributed by atoms with Crippen molar-refractivity contribution < 1.29 is 19.1 Å². The maximum absolute atomic E-state index is 12.2. The second-order valence-corrected chi connectivity index (χ2v) is 5.54. The summed E-state index contributed by atoms with van der Waals surface area (Å²) in [7, 11) is 3.08. The largest absolute Gasteiger partial charge is 0.493 e. The Morgan fingerprint density at radius 2 is 2.00 bits per heavy atom. The average Bonchev–Trinajstić information content (AvgIpc) is 2.74. The molecule has 3 amide bonds. The molecular weight excluding hydrogens is 352 g/mol. The molecule has 0 atom stereocenters. The Bertz CT molecular complexity index is 643. The van der Waals surface area contributed by atoms with Crippen molar-refractivity contribution in [1.29, 1.82) is 0 Å². The number of halogens is 1. The number of hydrogen-bond donors (Lipinski definition) is 1. The van der Waals surface area contributed by atoms with Gasteiger partial charge < -0.3 is 14.8 Å². The Balaban J connectivity index is 2.36. The first kappa shape index (κ1) is 16.4. The Morgan fingerprint density at radius 3 is 2.59 bits per heavy atom. The Morgan fingerprint density at radius 1 is 1.27 bits per heavy atom. The zero-order valence-corrected chi connectivity index (χ0v) is 14.2. The fourth-order valence-corrected chi connectivity index (χ4v) is 2.81. The number of nitrogens with one attached hydrogen (secondary N) is 1. The maximum Gasteiger partial charge on any atom is 0.329 e. The number of carbonyl (C=O) groups excluding carboxylic acids is 2. The van der Waals surface area contributed by atoms with Crippen molar-refractivity contribution in [2.75, 3.05) is 20.8 Å². The minimum atomic E-state index is -0.391. The van der Waals surface area contributed by atoms with Gasteiger partial charge in [-0.15, -0.1) is 0 Å². The van der Waals surface area contributed by atoms with E-state index in [0.717, 1.165) is 0 Å². The van der Waals surface area contributed by atoms with E-state index in [9.17, 15) is 9.59 Å². The Labute approximate surface area is 137 Å². The van der Waals surface area contributed by atoms with Gasteiger partial charge in [-0.3, -0.25) is 9.69 Å². The number of benzene rings is 1. The van der Waals surface area contributed by atoms with Gasteiger partial charge in [-0.25, -0.2) is 4.79 Å². The minimum absolute atomic E-state index is 0.248. The van der Waals surface area contributed by atoms with E-state index in [0.29, 0.717) is 34.5 Å². The molecule has 118 valence electrons. The van der Waals surface area contributed by atoms with Crippen LogP contribution in [0.3, 0.4) is 0 Å².